The maximum Gasteiger partial charge on any atom is 0.00981 e. The lowest BCUT2D eigenvalue weighted by molar-refractivity contribution is 0.295. The van der Waals surface area contributed by atoms with E-state index in [1.54, 1.807) is 0 Å². The van der Waals surface area contributed by atoms with Crippen LogP contribution in [0.25, 0.3) is 0 Å². The van der Waals surface area contributed by atoms with E-state index < -0.39 is 0 Å². The Morgan fingerprint density at radius 3 is 2.36 bits per heavy atom. The molecular formula is C10H21N. The van der Waals surface area contributed by atoms with E-state index >= 15 is 0 Å². The Balaban J connectivity index is 2.37. The maximum absolute atomic E-state index is 3.56. The molecule has 0 bridgehead atoms. The SMILES string of the molecule is CC1CCNC1CC(C)(C)C. The van der Waals surface area contributed by atoms with Gasteiger partial charge in [-0.25, -0.2) is 0 Å². The summed E-state index contributed by atoms with van der Waals surface area (Å²) in [7, 11) is 0. The smallest absolute Gasteiger partial charge is 0.00981 e. The topological polar surface area (TPSA) is 12.0 Å². The molecule has 1 aliphatic rings. The van der Waals surface area contributed by atoms with E-state index in [9.17, 15) is 0 Å². The Kier molecular flexibility index (Phi) is 2.58. The third-order valence-corrected chi connectivity index (χ3v) is 2.53. The largest absolute Gasteiger partial charge is 0.314 e. The minimum atomic E-state index is 0.482. The second kappa shape index (κ2) is 3.14. The lowest BCUT2D eigenvalue weighted by Gasteiger charge is -2.25. The summed E-state index contributed by atoms with van der Waals surface area (Å²) in [5.74, 6) is 0.884. The van der Waals surface area contributed by atoms with Crippen LogP contribution in [0, 0.1) is 11.3 Å². The molecule has 0 aromatic heterocycles. The van der Waals surface area contributed by atoms with Gasteiger partial charge in [0.1, 0.15) is 0 Å². The van der Waals surface area contributed by atoms with Gasteiger partial charge in [-0.15, -0.1) is 0 Å². The van der Waals surface area contributed by atoms with Gasteiger partial charge in [-0.05, 0) is 30.7 Å². The summed E-state index contributed by atoms with van der Waals surface area (Å²) < 4.78 is 0. The number of rotatable bonds is 1. The van der Waals surface area contributed by atoms with E-state index in [-0.39, 0.29) is 0 Å². The van der Waals surface area contributed by atoms with E-state index in [1.807, 2.05) is 0 Å². The van der Waals surface area contributed by atoms with Crippen LogP contribution in [0.2, 0.25) is 0 Å². The van der Waals surface area contributed by atoms with Crippen LogP contribution in [0.15, 0.2) is 0 Å². The van der Waals surface area contributed by atoms with Crippen molar-refractivity contribution in [2.45, 2.75) is 46.6 Å². The minimum absolute atomic E-state index is 0.482. The summed E-state index contributed by atoms with van der Waals surface area (Å²) in [5, 5.41) is 3.56. The maximum atomic E-state index is 3.56. The molecule has 0 spiro atoms. The zero-order chi connectivity index (χ0) is 8.48. The van der Waals surface area contributed by atoms with Gasteiger partial charge < -0.3 is 5.32 Å². The number of hydrogen-bond acceptors (Lipinski definition) is 1. The summed E-state index contributed by atoms with van der Waals surface area (Å²) >= 11 is 0. The Morgan fingerprint density at radius 1 is 1.36 bits per heavy atom. The molecule has 66 valence electrons. The average molecular weight is 155 g/mol. The summed E-state index contributed by atoms with van der Waals surface area (Å²) in [6, 6.07) is 0.773. The highest BCUT2D eigenvalue weighted by atomic mass is 14.9. The lowest BCUT2D eigenvalue weighted by Crippen LogP contribution is -2.30. The van der Waals surface area contributed by atoms with Crippen molar-refractivity contribution in [1.29, 1.82) is 0 Å². The van der Waals surface area contributed by atoms with Crippen LogP contribution in [0.5, 0.6) is 0 Å². The molecule has 0 saturated carbocycles. The van der Waals surface area contributed by atoms with E-state index in [0.717, 1.165) is 12.0 Å². The molecule has 1 rings (SSSR count). The summed E-state index contributed by atoms with van der Waals surface area (Å²) in [5.41, 5.74) is 0.482. The zero-order valence-corrected chi connectivity index (χ0v) is 8.28. The van der Waals surface area contributed by atoms with E-state index in [4.69, 9.17) is 0 Å². The summed E-state index contributed by atoms with van der Waals surface area (Å²) in [4.78, 5) is 0. The third kappa shape index (κ3) is 2.82. The van der Waals surface area contributed by atoms with Crippen LogP contribution in [0.1, 0.15) is 40.5 Å². The molecule has 2 atom stereocenters. The van der Waals surface area contributed by atoms with Gasteiger partial charge in [0.05, 0.1) is 0 Å². The van der Waals surface area contributed by atoms with Gasteiger partial charge in [0, 0.05) is 6.04 Å². The summed E-state index contributed by atoms with van der Waals surface area (Å²) in [6.07, 6.45) is 2.68. The van der Waals surface area contributed by atoms with Crippen LogP contribution < -0.4 is 5.32 Å². The Bertz CT molecular complexity index is 123. The van der Waals surface area contributed by atoms with Gasteiger partial charge in [0.25, 0.3) is 0 Å². The van der Waals surface area contributed by atoms with Gasteiger partial charge in [0.15, 0.2) is 0 Å². The molecule has 0 amide bonds. The van der Waals surface area contributed by atoms with Crippen molar-refractivity contribution in [2.24, 2.45) is 11.3 Å². The fraction of sp³-hybridized carbons (Fsp3) is 1.00. The van der Waals surface area contributed by atoms with E-state index in [1.165, 1.54) is 19.4 Å². The Labute approximate surface area is 70.6 Å². The molecule has 0 radical (unpaired) electrons. The first-order chi connectivity index (χ1) is 4.99. The van der Waals surface area contributed by atoms with Gasteiger partial charge in [0.2, 0.25) is 0 Å². The fourth-order valence-corrected chi connectivity index (χ4v) is 1.83. The van der Waals surface area contributed by atoms with Crippen LogP contribution >= 0.6 is 0 Å². The highest BCUT2D eigenvalue weighted by Crippen LogP contribution is 2.27. The quantitative estimate of drug-likeness (QED) is 0.613. The molecule has 0 aromatic rings. The first-order valence-corrected chi connectivity index (χ1v) is 4.72. The molecule has 1 saturated heterocycles. The van der Waals surface area contributed by atoms with Crippen LogP contribution in [-0.2, 0) is 0 Å². The van der Waals surface area contributed by atoms with Crippen molar-refractivity contribution in [3.8, 4) is 0 Å². The average Bonchev–Trinajstić information content (AvgIpc) is 2.12. The highest BCUT2D eigenvalue weighted by Gasteiger charge is 2.26. The van der Waals surface area contributed by atoms with Crippen molar-refractivity contribution in [3.05, 3.63) is 0 Å². The third-order valence-electron chi connectivity index (χ3n) is 2.53. The summed E-state index contributed by atoms with van der Waals surface area (Å²) in [6.45, 7) is 10.5. The molecule has 0 aliphatic carbocycles. The molecule has 1 N–H and O–H groups in total. The first kappa shape index (κ1) is 9.05. The zero-order valence-electron chi connectivity index (χ0n) is 8.28. The normalized spacial score (nSPS) is 32.7. The first-order valence-electron chi connectivity index (χ1n) is 4.72. The molecule has 1 nitrogen and oxygen atoms in total. The second-order valence-electron chi connectivity index (χ2n) is 5.09. The van der Waals surface area contributed by atoms with Gasteiger partial charge in [-0.3, -0.25) is 0 Å². The van der Waals surface area contributed by atoms with Crippen molar-refractivity contribution in [1.82, 2.24) is 5.32 Å². The second-order valence-corrected chi connectivity index (χ2v) is 5.09. The molecular weight excluding hydrogens is 134 g/mol. The number of hydrogen-bond donors (Lipinski definition) is 1. The highest BCUT2D eigenvalue weighted by molar-refractivity contribution is 4.84. The molecule has 1 aliphatic heterocycles. The predicted molar refractivity (Wildman–Crippen MR) is 49.6 cm³/mol. The van der Waals surface area contributed by atoms with Crippen molar-refractivity contribution >= 4 is 0 Å². The van der Waals surface area contributed by atoms with Crippen LogP contribution in [-0.4, -0.2) is 12.6 Å². The van der Waals surface area contributed by atoms with Crippen molar-refractivity contribution in [3.63, 3.8) is 0 Å². The Hall–Kier alpha value is -0.0400. The standard InChI is InChI=1S/C10H21N/c1-8-5-6-11-9(8)7-10(2,3)4/h8-9,11H,5-7H2,1-4H3. The van der Waals surface area contributed by atoms with Gasteiger partial charge in [-0.1, -0.05) is 27.7 Å². The number of nitrogens with one attached hydrogen (secondary N) is 1. The molecule has 11 heavy (non-hydrogen) atoms. The van der Waals surface area contributed by atoms with Crippen molar-refractivity contribution < 1.29 is 0 Å². The molecule has 2 unspecified atom stereocenters. The molecule has 1 heteroatoms. The van der Waals surface area contributed by atoms with Gasteiger partial charge in [-0.2, -0.15) is 0 Å². The van der Waals surface area contributed by atoms with E-state index in [0.29, 0.717) is 5.41 Å². The lowest BCUT2D eigenvalue weighted by atomic mass is 9.84. The van der Waals surface area contributed by atoms with E-state index in [2.05, 4.69) is 33.0 Å². The fourth-order valence-electron chi connectivity index (χ4n) is 1.83. The van der Waals surface area contributed by atoms with Crippen LogP contribution in [0.4, 0.5) is 0 Å². The predicted octanol–water partition coefficient (Wildman–Crippen LogP) is 2.42. The molecule has 1 fully saturated rings. The van der Waals surface area contributed by atoms with Crippen LogP contribution in [0.3, 0.4) is 0 Å². The molecule has 0 aromatic carbocycles. The monoisotopic (exact) mass is 155 g/mol. The Morgan fingerprint density at radius 2 is 2.00 bits per heavy atom. The van der Waals surface area contributed by atoms with Gasteiger partial charge >= 0.3 is 0 Å². The molecule has 1 heterocycles. The van der Waals surface area contributed by atoms with Crippen molar-refractivity contribution in [2.75, 3.05) is 6.54 Å². The minimum Gasteiger partial charge on any atom is -0.314 e.